The van der Waals surface area contributed by atoms with Crippen LogP contribution in [0.4, 0.5) is 5.95 Å². The molecule has 0 aliphatic carbocycles. The number of nitrogens with zero attached hydrogens (tertiary/aromatic N) is 5. The average molecular weight is 618 g/mol. The summed E-state index contributed by atoms with van der Waals surface area (Å²) in [6.07, 6.45) is 7.36. The summed E-state index contributed by atoms with van der Waals surface area (Å²) in [5.41, 5.74) is 4.81. The van der Waals surface area contributed by atoms with Crippen molar-refractivity contribution in [3.8, 4) is 11.3 Å². The number of carbonyl (C=O) groups is 2. The molecule has 2 aromatic heterocycles. The third-order valence-corrected chi connectivity index (χ3v) is 9.44. The molecule has 0 spiro atoms. The Balaban J connectivity index is 1.12. The smallest absolute Gasteiger partial charge is 0.255 e. The minimum absolute atomic E-state index is 0.184. The number of piperidine rings is 1. The molecule has 3 aliphatic heterocycles. The number of anilines is 1. The molecule has 2 N–H and O–H groups in total. The number of halogens is 1. The van der Waals surface area contributed by atoms with E-state index in [2.05, 4.69) is 43.6 Å². The predicted octanol–water partition coefficient (Wildman–Crippen LogP) is 4.81. The lowest BCUT2D eigenvalue weighted by molar-refractivity contribution is -0.125. The van der Waals surface area contributed by atoms with Crippen LogP contribution in [0, 0.1) is 0 Å². The van der Waals surface area contributed by atoms with E-state index in [9.17, 15) is 9.59 Å². The monoisotopic (exact) mass is 617 g/mol. The normalized spacial score (nSPS) is 19.5. The number of ether oxygens (including phenoxy) is 1. The molecule has 232 valence electrons. The highest BCUT2D eigenvalue weighted by Crippen LogP contribution is 2.33. The molecule has 11 heteroatoms. The summed E-state index contributed by atoms with van der Waals surface area (Å²) >= 11 is 6.51. The van der Waals surface area contributed by atoms with Gasteiger partial charge >= 0.3 is 0 Å². The van der Waals surface area contributed by atoms with Crippen molar-refractivity contribution in [3.05, 3.63) is 70.1 Å². The summed E-state index contributed by atoms with van der Waals surface area (Å²) < 4.78 is 5.44. The van der Waals surface area contributed by atoms with Gasteiger partial charge in [-0.1, -0.05) is 23.7 Å². The van der Waals surface area contributed by atoms with Crippen LogP contribution in [0.5, 0.6) is 0 Å². The van der Waals surface area contributed by atoms with E-state index in [0.717, 1.165) is 61.2 Å². The number of aromatic nitrogens is 3. The lowest BCUT2D eigenvalue weighted by atomic mass is 9.92. The first-order chi connectivity index (χ1) is 21.3. The van der Waals surface area contributed by atoms with Gasteiger partial charge in [0, 0.05) is 54.7 Å². The van der Waals surface area contributed by atoms with E-state index in [-0.39, 0.29) is 23.9 Å². The number of pyridine rings is 1. The summed E-state index contributed by atoms with van der Waals surface area (Å²) in [5.74, 6) is 0.554. The molecule has 10 nitrogen and oxygen atoms in total. The standard InChI is InChI=1S/C33H40ClN7O3/c1-20(23-6-11-35-29(17-23)22-7-12-40(3)13-8-22)37-31(42)21(2)41-19-25-5-4-24(16-27(25)32(41)43)30-28(34)18-36-33(39-30)38-26-9-14-44-15-10-26/h4-6,11,16-18,20-22,26H,7-10,12-15,19H2,1-3H3,(H,37,42)(H,36,38,39)/t20-,21-/m1/s1. The first kappa shape index (κ1) is 30.4. The van der Waals surface area contributed by atoms with Crippen LogP contribution in [0.1, 0.15) is 78.7 Å². The number of nitrogens with one attached hydrogen (secondary N) is 2. The van der Waals surface area contributed by atoms with Crippen LogP contribution in [0.25, 0.3) is 11.3 Å². The number of hydrogen-bond donors (Lipinski definition) is 2. The average Bonchev–Trinajstić information content (AvgIpc) is 3.37. The van der Waals surface area contributed by atoms with Crippen LogP contribution < -0.4 is 10.6 Å². The van der Waals surface area contributed by atoms with Gasteiger partial charge < -0.3 is 25.2 Å². The molecule has 5 heterocycles. The van der Waals surface area contributed by atoms with E-state index in [4.69, 9.17) is 16.3 Å². The maximum absolute atomic E-state index is 13.6. The van der Waals surface area contributed by atoms with Crippen molar-refractivity contribution in [3.63, 3.8) is 0 Å². The second-order valence-electron chi connectivity index (χ2n) is 12.2. The van der Waals surface area contributed by atoms with Crippen molar-refractivity contribution >= 4 is 29.4 Å². The Morgan fingerprint density at radius 1 is 1.07 bits per heavy atom. The summed E-state index contributed by atoms with van der Waals surface area (Å²) in [6.45, 7) is 7.66. The highest BCUT2D eigenvalue weighted by molar-refractivity contribution is 6.33. The highest BCUT2D eigenvalue weighted by Gasteiger charge is 2.35. The Morgan fingerprint density at radius 3 is 2.61 bits per heavy atom. The Morgan fingerprint density at radius 2 is 1.84 bits per heavy atom. The molecule has 2 fully saturated rings. The Labute approximate surface area is 263 Å². The highest BCUT2D eigenvalue weighted by atomic mass is 35.5. The van der Waals surface area contributed by atoms with Gasteiger partial charge in [0.1, 0.15) is 6.04 Å². The van der Waals surface area contributed by atoms with Crippen LogP contribution in [0.2, 0.25) is 5.02 Å². The summed E-state index contributed by atoms with van der Waals surface area (Å²) in [4.78, 5) is 44.6. The van der Waals surface area contributed by atoms with Crippen LogP contribution in [-0.2, 0) is 16.1 Å². The molecule has 2 amide bonds. The Hall–Kier alpha value is -3.60. The largest absolute Gasteiger partial charge is 0.381 e. The number of carbonyl (C=O) groups excluding carboxylic acids is 2. The summed E-state index contributed by atoms with van der Waals surface area (Å²) in [5, 5.41) is 6.90. The third-order valence-electron chi connectivity index (χ3n) is 9.16. The molecular formula is C33H40ClN7O3. The molecule has 0 bridgehead atoms. The number of benzene rings is 1. The molecule has 0 radical (unpaired) electrons. The molecule has 3 aromatic rings. The topological polar surface area (TPSA) is 113 Å². The van der Waals surface area contributed by atoms with E-state index >= 15 is 0 Å². The van der Waals surface area contributed by atoms with Crippen LogP contribution in [0.3, 0.4) is 0 Å². The molecule has 6 rings (SSSR count). The van der Waals surface area contributed by atoms with Crippen LogP contribution in [0.15, 0.2) is 42.7 Å². The van der Waals surface area contributed by atoms with E-state index in [1.807, 2.05) is 37.4 Å². The molecule has 2 saturated heterocycles. The number of hydrogen-bond acceptors (Lipinski definition) is 8. The zero-order valence-electron chi connectivity index (χ0n) is 25.6. The Bertz CT molecular complexity index is 1520. The first-order valence-electron chi connectivity index (χ1n) is 15.5. The van der Waals surface area contributed by atoms with Gasteiger partial charge in [0.2, 0.25) is 11.9 Å². The molecule has 0 saturated carbocycles. The van der Waals surface area contributed by atoms with Crippen molar-refractivity contribution in [1.82, 2.24) is 30.1 Å². The molecule has 44 heavy (non-hydrogen) atoms. The summed E-state index contributed by atoms with van der Waals surface area (Å²) in [7, 11) is 2.15. The molecule has 0 unspecified atom stereocenters. The van der Waals surface area contributed by atoms with Gasteiger partial charge in [0.05, 0.1) is 23.0 Å². The first-order valence-corrected chi connectivity index (χ1v) is 15.9. The maximum Gasteiger partial charge on any atom is 0.255 e. The van der Waals surface area contributed by atoms with Crippen LogP contribution >= 0.6 is 11.6 Å². The molecular weight excluding hydrogens is 578 g/mol. The second kappa shape index (κ2) is 13.2. The van der Waals surface area contributed by atoms with Crippen LogP contribution in [-0.4, -0.2) is 82.0 Å². The van der Waals surface area contributed by atoms with Crippen molar-refractivity contribution in [2.75, 3.05) is 38.7 Å². The van der Waals surface area contributed by atoms with Gasteiger partial charge in [-0.2, -0.15) is 0 Å². The summed E-state index contributed by atoms with van der Waals surface area (Å²) in [6, 6.07) is 9.10. The van der Waals surface area contributed by atoms with Crippen molar-refractivity contribution in [2.45, 2.75) is 70.1 Å². The number of fused-ring (bicyclic) bond motifs is 1. The number of rotatable bonds is 8. The molecule has 2 atom stereocenters. The fourth-order valence-corrected chi connectivity index (χ4v) is 6.47. The Kier molecular flexibility index (Phi) is 9.11. The predicted molar refractivity (Wildman–Crippen MR) is 170 cm³/mol. The van der Waals surface area contributed by atoms with Gasteiger partial charge in [0.15, 0.2) is 0 Å². The number of amides is 2. The van der Waals surface area contributed by atoms with Gasteiger partial charge in [-0.15, -0.1) is 0 Å². The minimum atomic E-state index is -0.645. The lowest BCUT2D eigenvalue weighted by Gasteiger charge is -2.29. The fraction of sp³-hybridized carbons (Fsp3) is 0.485. The molecule has 3 aliphatic rings. The quantitative estimate of drug-likeness (QED) is 0.370. The van der Waals surface area contributed by atoms with E-state index in [1.54, 1.807) is 18.0 Å². The van der Waals surface area contributed by atoms with Gasteiger partial charge in [0.25, 0.3) is 5.91 Å². The van der Waals surface area contributed by atoms with Gasteiger partial charge in [-0.3, -0.25) is 14.6 Å². The zero-order valence-corrected chi connectivity index (χ0v) is 26.3. The minimum Gasteiger partial charge on any atom is -0.381 e. The van der Waals surface area contributed by atoms with Gasteiger partial charge in [-0.25, -0.2) is 9.97 Å². The van der Waals surface area contributed by atoms with E-state index in [0.29, 0.717) is 47.9 Å². The SMILES string of the molecule is C[C@H](C(=O)N[C@H](C)c1ccnc(C2CCN(C)CC2)c1)N1Cc2ccc(-c3nc(NC4CCOCC4)ncc3Cl)cc2C1=O. The van der Waals surface area contributed by atoms with E-state index < -0.39 is 6.04 Å². The zero-order chi connectivity index (χ0) is 30.8. The third kappa shape index (κ3) is 6.57. The van der Waals surface area contributed by atoms with E-state index in [1.165, 1.54) is 0 Å². The van der Waals surface area contributed by atoms with Crippen molar-refractivity contribution in [2.24, 2.45) is 0 Å². The lowest BCUT2D eigenvalue weighted by Crippen LogP contribution is -2.45. The molecule has 1 aromatic carbocycles. The van der Waals surface area contributed by atoms with Crippen molar-refractivity contribution < 1.29 is 14.3 Å². The van der Waals surface area contributed by atoms with Crippen molar-refractivity contribution in [1.29, 1.82) is 0 Å². The maximum atomic E-state index is 13.6. The van der Waals surface area contributed by atoms with Gasteiger partial charge in [-0.05, 0) is 89.0 Å². The number of likely N-dealkylation sites (tertiary alicyclic amines) is 1. The fourth-order valence-electron chi connectivity index (χ4n) is 6.27. The second-order valence-corrected chi connectivity index (χ2v) is 12.6.